The number of nitrogens with zero attached hydrogens (tertiary/aromatic N) is 1. The molecule has 3 rings (SSSR count). The molecule has 0 atom stereocenters. The van der Waals surface area contributed by atoms with Crippen molar-refractivity contribution in [1.29, 1.82) is 0 Å². The first-order valence-electron chi connectivity index (χ1n) is 8.82. The van der Waals surface area contributed by atoms with Crippen molar-refractivity contribution in [2.24, 2.45) is 0 Å². The number of rotatable bonds is 8. The topological polar surface area (TPSA) is 88.2 Å². The second-order valence-electron chi connectivity index (χ2n) is 6.21. The number of aromatic nitrogens is 1. The van der Waals surface area contributed by atoms with E-state index in [0.717, 1.165) is 26.9 Å². The molecule has 3 aromatic rings. The Balaban J connectivity index is 1.52. The molecule has 152 valence electrons. The molecular weight excluding hydrogens is 426 g/mol. The lowest BCUT2D eigenvalue weighted by Gasteiger charge is -2.08. The lowest BCUT2D eigenvalue weighted by Crippen LogP contribution is -2.23. The van der Waals surface area contributed by atoms with Crippen molar-refractivity contribution in [3.05, 3.63) is 75.7 Å². The summed E-state index contributed by atoms with van der Waals surface area (Å²) in [6, 6.07) is 13.9. The predicted octanol–water partition coefficient (Wildman–Crippen LogP) is 3.58. The maximum atomic E-state index is 12.4. The summed E-state index contributed by atoms with van der Waals surface area (Å²) in [7, 11) is -2.09. The van der Waals surface area contributed by atoms with Crippen LogP contribution in [0.1, 0.15) is 26.6 Å². The fraction of sp³-hybridized carbons (Fsp3) is 0.200. The smallest absolute Gasteiger partial charge is 0.251 e. The highest BCUT2D eigenvalue weighted by atomic mass is 32.2. The van der Waals surface area contributed by atoms with Crippen molar-refractivity contribution in [3.63, 3.8) is 0 Å². The number of hydrogen-bond donors (Lipinski definition) is 2. The van der Waals surface area contributed by atoms with E-state index in [1.165, 1.54) is 19.2 Å². The molecule has 0 spiro atoms. The largest absolute Gasteiger partial charge is 0.348 e. The summed E-state index contributed by atoms with van der Waals surface area (Å²) in [5.74, 6) is 0.624. The summed E-state index contributed by atoms with van der Waals surface area (Å²) in [5, 5.41) is 5.97. The van der Waals surface area contributed by atoms with E-state index >= 15 is 0 Å². The Bertz CT molecular complexity index is 1080. The van der Waals surface area contributed by atoms with Gasteiger partial charge in [-0.1, -0.05) is 12.1 Å². The Morgan fingerprint density at radius 2 is 1.79 bits per heavy atom. The van der Waals surface area contributed by atoms with E-state index in [0.29, 0.717) is 12.1 Å². The van der Waals surface area contributed by atoms with Crippen molar-refractivity contribution in [1.82, 2.24) is 15.0 Å². The van der Waals surface area contributed by atoms with Gasteiger partial charge in [-0.15, -0.1) is 23.1 Å². The van der Waals surface area contributed by atoms with Gasteiger partial charge in [0.25, 0.3) is 5.91 Å². The normalized spacial score (nSPS) is 11.4. The lowest BCUT2D eigenvalue weighted by atomic mass is 10.2. The minimum Gasteiger partial charge on any atom is -0.348 e. The van der Waals surface area contributed by atoms with Crippen molar-refractivity contribution in [2.45, 2.75) is 29.0 Å². The van der Waals surface area contributed by atoms with E-state index in [4.69, 9.17) is 0 Å². The van der Waals surface area contributed by atoms with Crippen LogP contribution in [-0.2, 0) is 22.3 Å². The molecule has 2 N–H and O–H groups in total. The van der Waals surface area contributed by atoms with Crippen molar-refractivity contribution in [3.8, 4) is 0 Å². The van der Waals surface area contributed by atoms with Gasteiger partial charge in [-0.3, -0.25) is 4.79 Å². The third-order valence-corrected chi connectivity index (χ3v) is 7.42. The zero-order valence-electron chi connectivity index (χ0n) is 16.0. The van der Waals surface area contributed by atoms with Gasteiger partial charge in [-0.2, -0.15) is 0 Å². The average molecular weight is 448 g/mol. The molecule has 0 bridgehead atoms. The lowest BCUT2D eigenvalue weighted by molar-refractivity contribution is 0.0951. The van der Waals surface area contributed by atoms with Crippen LogP contribution in [0.5, 0.6) is 0 Å². The molecule has 6 nitrogen and oxygen atoms in total. The van der Waals surface area contributed by atoms with Crippen LogP contribution < -0.4 is 10.0 Å². The standard InChI is InChI=1S/C20H21N3O3S3/c1-14-23-17(12-27-14)13-28-18-7-5-16(6-8-18)20(24)22-11-15-3-9-19(10-4-15)29(25,26)21-2/h3-10,12,21H,11,13H2,1-2H3,(H,22,24). The van der Waals surface area contributed by atoms with Crippen LogP contribution >= 0.6 is 23.1 Å². The SMILES string of the molecule is CNS(=O)(=O)c1ccc(CNC(=O)c2ccc(SCc3csc(C)n3)cc2)cc1. The molecule has 29 heavy (non-hydrogen) atoms. The van der Waals surface area contributed by atoms with Gasteiger partial charge in [0.05, 0.1) is 15.6 Å². The Kier molecular flexibility index (Phi) is 7.07. The van der Waals surface area contributed by atoms with Gasteiger partial charge in [0, 0.05) is 28.1 Å². The Hall–Kier alpha value is -2.20. The van der Waals surface area contributed by atoms with E-state index < -0.39 is 10.0 Å². The van der Waals surface area contributed by atoms with Gasteiger partial charge in [0.15, 0.2) is 0 Å². The highest BCUT2D eigenvalue weighted by molar-refractivity contribution is 7.98. The fourth-order valence-electron chi connectivity index (χ4n) is 2.52. The molecule has 0 unspecified atom stereocenters. The summed E-state index contributed by atoms with van der Waals surface area (Å²) in [4.78, 5) is 18.1. The number of nitrogens with one attached hydrogen (secondary N) is 2. The predicted molar refractivity (Wildman–Crippen MR) is 117 cm³/mol. The Morgan fingerprint density at radius 3 is 2.38 bits per heavy atom. The van der Waals surface area contributed by atoms with Crippen LogP contribution in [0.2, 0.25) is 0 Å². The molecular formula is C20H21N3O3S3. The summed E-state index contributed by atoms with van der Waals surface area (Å²) in [6.07, 6.45) is 0. The number of carbonyl (C=O) groups is 1. The third kappa shape index (κ3) is 5.89. The second-order valence-corrected chi connectivity index (χ2v) is 10.2. The minimum atomic E-state index is -3.46. The number of thiazole rings is 1. The van der Waals surface area contributed by atoms with E-state index in [1.54, 1.807) is 47.4 Å². The van der Waals surface area contributed by atoms with Gasteiger partial charge < -0.3 is 5.32 Å². The first kappa shape index (κ1) is 21.5. The molecule has 0 aliphatic carbocycles. The van der Waals surface area contributed by atoms with Crippen LogP contribution in [0.15, 0.2) is 63.7 Å². The highest BCUT2D eigenvalue weighted by Crippen LogP contribution is 2.24. The molecule has 1 amide bonds. The average Bonchev–Trinajstić information content (AvgIpc) is 3.16. The van der Waals surface area contributed by atoms with Gasteiger partial charge in [-0.25, -0.2) is 18.1 Å². The number of amides is 1. The van der Waals surface area contributed by atoms with Gasteiger partial charge >= 0.3 is 0 Å². The van der Waals surface area contributed by atoms with Gasteiger partial charge in [-0.05, 0) is 55.9 Å². The van der Waals surface area contributed by atoms with E-state index in [2.05, 4.69) is 20.4 Å². The molecule has 9 heteroatoms. The molecule has 0 saturated carbocycles. The maximum absolute atomic E-state index is 12.4. The highest BCUT2D eigenvalue weighted by Gasteiger charge is 2.11. The molecule has 0 radical (unpaired) electrons. The van der Waals surface area contributed by atoms with Crippen LogP contribution in [0.4, 0.5) is 0 Å². The number of benzene rings is 2. The first-order valence-corrected chi connectivity index (χ1v) is 12.2. The molecule has 0 aliphatic heterocycles. The summed E-state index contributed by atoms with van der Waals surface area (Å²) in [6.45, 7) is 2.31. The summed E-state index contributed by atoms with van der Waals surface area (Å²) < 4.78 is 25.7. The van der Waals surface area contributed by atoms with Crippen LogP contribution in [-0.4, -0.2) is 26.4 Å². The molecule has 1 aromatic heterocycles. The van der Waals surface area contributed by atoms with Crippen molar-refractivity contribution < 1.29 is 13.2 Å². The van der Waals surface area contributed by atoms with Crippen molar-refractivity contribution >= 4 is 39.0 Å². The van der Waals surface area contributed by atoms with Crippen LogP contribution in [0, 0.1) is 6.92 Å². The Morgan fingerprint density at radius 1 is 1.10 bits per heavy atom. The fourth-order valence-corrected chi connectivity index (χ4v) is 4.76. The first-order chi connectivity index (χ1) is 13.9. The number of carbonyl (C=O) groups excluding carboxylic acids is 1. The number of thioether (sulfide) groups is 1. The van der Waals surface area contributed by atoms with Gasteiger partial charge in [0.1, 0.15) is 0 Å². The van der Waals surface area contributed by atoms with Crippen LogP contribution in [0.3, 0.4) is 0 Å². The number of hydrogen-bond acceptors (Lipinski definition) is 6. The second kappa shape index (κ2) is 9.53. The third-order valence-electron chi connectivity index (χ3n) is 4.13. The minimum absolute atomic E-state index is 0.177. The maximum Gasteiger partial charge on any atom is 0.251 e. The number of sulfonamides is 1. The zero-order valence-corrected chi connectivity index (χ0v) is 18.5. The molecule has 0 aliphatic rings. The molecule has 1 heterocycles. The van der Waals surface area contributed by atoms with Crippen LogP contribution in [0.25, 0.3) is 0 Å². The molecule has 2 aromatic carbocycles. The molecule has 0 saturated heterocycles. The Labute approximate surface area is 178 Å². The van der Waals surface area contributed by atoms with E-state index in [9.17, 15) is 13.2 Å². The summed E-state index contributed by atoms with van der Waals surface area (Å²) in [5.41, 5.74) is 2.46. The van der Waals surface area contributed by atoms with Crippen molar-refractivity contribution in [2.75, 3.05) is 7.05 Å². The van der Waals surface area contributed by atoms with Gasteiger partial charge in [0.2, 0.25) is 10.0 Å². The number of aryl methyl sites for hydroxylation is 1. The molecule has 0 fully saturated rings. The van der Waals surface area contributed by atoms with E-state index in [-0.39, 0.29) is 10.8 Å². The quantitative estimate of drug-likeness (QED) is 0.515. The van der Waals surface area contributed by atoms with E-state index in [1.807, 2.05) is 19.1 Å². The monoisotopic (exact) mass is 447 g/mol. The summed E-state index contributed by atoms with van der Waals surface area (Å²) >= 11 is 3.32. The zero-order chi connectivity index (χ0) is 20.9.